The van der Waals surface area contributed by atoms with Crippen molar-refractivity contribution in [2.75, 3.05) is 13.1 Å². The summed E-state index contributed by atoms with van der Waals surface area (Å²) in [4.78, 5) is 26.1. The topological polar surface area (TPSA) is 58.6 Å². The molecule has 0 unspecified atom stereocenters. The summed E-state index contributed by atoms with van der Waals surface area (Å²) in [6.07, 6.45) is 3.66. The maximum absolute atomic E-state index is 12.4. The molecule has 5 nitrogen and oxygen atoms in total. The molecule has 20 heavy (non-hydrogen) atoms. The van der Waals surface area contributed by atoms with Crippen LogP contribution in [0, 0.1) is 11.3 Å². The molecule has 2 saturated carbocycles. The highest BCUT2D eigenvalue weighted by Gasteiger charge is 2.75. The van der Waals surface area contributed by atoms with Crippen molar-refractivity contribution in [1.82, 2.24) is 10.2 Å². The molecule has 3 rings (SSSR count). The van der Waals surface area contributed by atoms with Gasteiger partial charge in [-0.05, 0) is 52.4 Å². The first-order valence-corrected chi connectivity index (χ1v) is 7.59. The molecule has 1 atom stereocenters. The number of hydrogen-bond donors (Lipinski definition) is 1. The molecule has 1 N–H and O–H groups in total. The number of ether oxygens (including phenoxy) is 1. The van der Waals surface area contributed by atoms with E-state index in [0.29, 0.717) is 18.4 Å². The zero-order valence-corrected chi connectivity index (χ0v) is 12.6. The molecule has 1 heterocycles. The molecule has 3 aliphatic rings. The van der Waals surface area contributed by atoms with E-state index < -0.39 is 5.60 Å². The van der Waals surface area contributed by atoms with E-state index in [0.717, 1.165) is 32.2 Å². The average molecular weight is 280 g/mol. The number of piperidine rings is 1. The fourth-order valence-electron chi connectivity index (χ4n) is 3.12. The summed E-state index contributed by atoms with van der Waals surface area (Å²) in [7, 11) is 0. The second-order valence-electron chi connectivity index (χ2n) is 7.50. The van der Waals surface area contributed by atoms with Crippen LogP contribution in [-0.2, 0) is 9.53 Å². The zero-order chi connectivity index (χ0) is 14.5. The van der Waals surface area contributed by atoms with Crippen LogP contribution in [0.2, 0.25) is 0 Å². The summed E-state index contributed by atoms with van der Waals surface area (Å²) in [5.74, 6) is 0.993. The number of likely N-dealkylation sites (tertiary alicyclic amines) is 1. The summed E-state index contributed by atoms with van der Waals surface area (Å²) in [5, 5.41) is 2.89. The van der Waals surface area contributed by atoms with Crippen LogP contribution in [0.25, 0.3) is 0 Å². The molecule has 5 heteroatoms. The average Bonchev–Trinajstić information content (AvgIpc) is 3.14. The van der Waals surface area contributed by atoms with Gasteiger partial charge in [0.05, 0.1) is 5.41 Å². The molecule has 2 amide bonds. The molecule has 0 spiro atoms. The van der Waals surface area contributed by atoms with Crippen molar-refractivity contribution in [2.24, 2.45) is 11.3 Å². The summed E-state index contributed by atoms with van der Waals surface area (Å²) < 4.78 is 5.27. The second-order valence-corrected chi connectivity index (χ2v) is 7.50. The van der Waals surface area contributed by atoms with Gasteiger partial charge in [-0.25, -0.2) is 4.79 Å². The highest BCUT2D eigenvalue weighted by Crippen LogP contribution is 2.76. The molecular formula is C15H24N2O3. The lowest BCUT2D eigenvalue weighted by molar-refractivity contribution is -0.136. The van der Waals surface area contributed by atoms with Crippen LogP contribution in [-0.4, -0.2) is 41.6 Å². The molecule has 1 aliphatic heterocycles. The Morgan fingerprint density at radius 2 is 1.95 bits per heavy atom. The third kappa shape index (κ3) is 2.63. The minimum Gasteiger partial charge on any atom is -0.444 e. The highest BCUT2D eigenvalue weighted by molar-refractivity contribution is 5.90. The number of carbonyl (C=O) groups is 2. The summed E-state index contributed by atoms with van der Waals surface area (Å²) in [6.45, 7) is 7.01. The van der Waals surface area contributed by atoms with Crippen LogP contribution in [0.15, 0.2) is 0 Å². The van der Waals surface area contributed by atoms with Gasteiger partial charge in [0.1, 0.15) is 5.60 Å². The van der Waals surface area contributed by atoms with Crippen LogP contribution < -0.4 is 5.32 Å². The molecule has 1 saturated heterocycles. The van der Waals surface area contributed by atoms with Crippen molar-refractivity contribution in [3.05, 3.63) is 0 Å². The van der Waals surface area contributed by atoms with Crippen molar-refractivity contribution in [2.45, 2.75) is 58.1 Å². The Morgan fingerprint density at radius 1 is 1.30 bits per heavy atom. The number of carbonyl (C=O) groups excluding carboxylic acids is 2. The van der Waals surface area contributed by atoms with E-state index in [1.165, 1.54) is 0 Å². The minimum absolute atomic E-state index is 0.0231. The number of amides is 2. The Balaban J connectivity index is 1.50. The second kappa shape index (κ2) is 4.37. The fourth-order valence-corrected chi connectivity index (χ4v) is 3.12. The fraction of sp³-hybridized carbons (Fsp3) is 0.867. The van der Waals surface area contributed by atoms with Crippen LogP contribution in [0.4, 0.5) is 4.79 Å². The van der Waals surface area contributed by atoms with Gasteiger partial charge in [-0.3, -0.25) is 4.79 Å². The lowest BCUT2D eigenvalue weighted by Gasteiger charge is -2.34. The van der Waals surface area contributed by atoms with Crippen LogP contribution in [0.5, 0.6) is 0 Å². The van der Waals surface area contributed by atoms with Gasteiger partial charge in [-0.1, -0.05) is 0 Å². The van der Waals surface area contributed by atoms with Crippen LogP contribution in [0.3, 0.4) is 0 Å². The predicted molar refractivity (Wildman–Crippen MR) is 74.1 cm³/mol. The highest BCUT2D eigenvalue weighted by atomic mass is 16.6. The summed E-state index contributed by atoms with van der Waals surface area (Å²) in [5.41, 5.74) is -0.448. The Morgan fingerprint density at radius 3 is 2.50 bits per heavy atom. The summed E-state index contributed by atoms with van der Waals surface area (Å²) >= 11 is 0. The first kappa shape index (κ1) is 13.7. The molecule has 0 bridgehead atoms. The monoisotopic (exact) mass is 280 g/mol. The van der Waals surface area contributed by atoms with Gasteiger partial charge in [0, 0.05) is 19.1 Å². The van der Waals surface area contributed by atoms with Gasteiger partial charge in [-0.15, -0.1) is 0 Å². The molecule has 3 fully saturated rings. The van der Waals surface area contributed by atoms with Crippen LogP contribution in [0.1, 0.15) is 46.5 Å². The normalized spacial score (nSPS) is 35.0. The third-order valence-corrected chi connectivity index (χ3v) is 4.54. The first-order valence-electron chi connectivity index (χ1n) is 7.59. The molecule has 0 aromatic carbocycles. The molecular weight excluding hydrogens is 256 g/mol. The molecule has 0 aromatic rings. The van der Waals surface area contributed by atoms with E-state index in [2.05, 4.69) is 5.32 Å². The van der Waals surface area contributed by atoms with Crippen molar-refractivity contribution >= 4 is 12.0 Å². The summed E-state index contributed by atoms with van der Waals surface area (Å²) in [6, 6.07) is 0.0231. The minimum atomic E-state index is -0.484. The maximum Gasteiger partial charge on any atom is 0.407 e. The largest absolute Gasteiger partial charge is 0.444 e. The van der Waals surface area contributed by atoms with E-state index >= 15 is 0 Å². The van der Waals surface area contributed by atoms with Crippen molar-refractivity contribution in [3.63, 3.8) is 0 Å². The molecule has 2 aliphatic carbocycles. The van der Waals surface area contributed by atoms with E-state index in [-0.39, 0.29) is 17.6 Å². The van der Waals surface area contributed by atoms with Gasteiger partial charge in [0.2, 0.25) is 5.91 Å². The van der Waals surface area contributed by atoms with E-state index in [4.69, 9.17) is 4.74 Å². The Hall–Kier alpha value is -1.26. The lowest BCUT2D eigenvalue weighted by Crippen LogP contribution is -2.51. The van der Waals surface area contributed by atoms with Crippen LogP contribution >= 0.6 is 0 Å². The zero-order valence-electron chi connectivity index (χ0n) is 12.6. The Labute approximate surface area is 120 Å². The van der Waals surface area contributed by atoms with E-state index in [1.54, 1.807) is 0 Å². The van der Waals surface area contributed by atoms with Crippen molar-refractivity contribution in [1.29, 1.82) is 0 Å². The molecule has 0 radical (unpaired) electrons. The first-order chi connectivity index (χ1) is 9.30. The Bertz CT molecular complexity index is 435. The quantitative estimate of drug-likeness (QED) is 0.840. The van der Waals surface area contributed by atoms with Gasteiger partial charge in [-0.2, -0.15) is 0 Å². The number of fused-ring (bicyclic) bond motifs is 1. The predicted octanol–water partition coefficient (Wildman–Crippen LogP) is 1.91. The standard InChI is InChI=1S/C15H24N2O3/c1-14(2,3)20-13(19)16-11-5-4-6-17(9-11)12(18)15-7-10(15)8-15/h10-11H,4-9H2,1-3H3,(H,16,19)/t10?,11-,15?/m1/s1. The van der Waals surface area contributed by atoms with Gasteiger partial charge < -0.3 is 15.0 Å². The lowest BCUT2D eigenvalue weighted by atomic mass is 10.0. The maximum atomic E-state index is 12.4. The third-order valence-electron chi connectivity index (χ3n) is 4.54. The number of rotatable bonds is 2. The smallest absolute Gasteiger partial charge is 0.407 e. The SMILES string of the molecule is CC(C)(C)OC(=O)N[C@@H]1CCCN(C(=O)C23CC2C3)C1. The number of nitrogens with one attached hydrogen (secondary N) is 1. The number of nitrogens with zero attached hydrogens (tertiary/aromatic N) is 1. The molecule has 112 valence electrons. The number of alkyl carbamates (subject to hydrolysis) is 1. The van der Waals surface area contributed by atoms with Gasteiger partial charge in [0.15, 0.2) is 0 Å². The number of hydrogen-bond acceptors (Lipinski definition) is 3. The Kier molecular flexibility index (Phi) is 2.99. The van der Waals surface area contributed by atoms with E-state index in [9.17, 15) is 9.59 Å². The van der Waals surface area contributed by atoms with E-state index in [1.807, 2.05) is 25.7 Å². The van der Waals surface area contributed by atoms with Gasteiger partial charge >= 0.3 is 6.09 Å². The van der Waals surface area contributed by atoms with Gasteiger partial charge in [0.25, 0.3) is 0 Å². The molecule has 0 aromatic heterocycles. The van der Waals surface area contributed by atoms with Crippen molar-refractivity contribution in [3.8, 4) is 0 Å². The van der Waals surface area contributed by atoms with Crippen molar-refractivity contribution < 1.29 is 14.3 Å².